The Balaban J connectivity index is 2.28. The van der Waals surface area contributed by atoms with Crippen molar-refractivity contribution in [3.63, 3.8) is 0 Å². The van der Waals surface area contributed by atoms with Crippen LogP contribution < -0.4 is 0 Å². The van der Waals surface area contributed by atoms with Gasteiger partial charge in [-0.25, -0.2) is 14.5 Å². The van der Waals surface area contributed by atoms with Crippen LogP contribution in [0.15, 0.2) is 4.42 Å². The molecule has 0 radical (unpaired) electrons. The number of ether oxygens (including phenoxy) is 1. The number of nitrogens with zero attached hydrogens (tertiary/aromatic N) is 4. The minimum Gasteiger partial charge on any atom is -0.461 e. The molecule has 2 aromatic heterocycles. The van der Waals surface area contributed by atoms with Crippen molar-refractivity contribution in [2.45, 2.75) is 47.1 Å². The van der Waals surface area contributed by atoms with Crippen LogP contribution in [0.5, 0.6) is 0 Å². The number of rotatable bonds is 6. The molecule has 0 bridgehead atoms. The molecule has 7 heteroatoms. The van der Waals surface area contributed by atoms with Crippen LogP contribution in [-0.2, 0) is 17.7 Å². The van der Waals surface area contributed by atoms with E-state index in [-0.39, 0.29) is 5.69 Å². The molecule has 0 aliphatic carbocycles. The quantitative estimate of drug-likeness (QED) is 0.758. The molecule has 0 aromatic carbocycles. The largest absolute Gasteiger partial charge is 0.461 e. The molecule has 0 saturated heterocycles. The second-order valence-electron chi connectivity index (χ2n) is 4.76. The summed E-state index contributed by atoms with van der Waals surface area (Å²) in [6.45, 7) is 8.22. The van der Waals surface area contributed by atoms with Gasteiger partial charge in [0.05, 0.1) is 18.0 Å². The van der Waals surface area contributed by atoms with Crippen molar-refractivity contribution < 1.29 is 13.9 Å². The van der Waals surface area contributed by atoms with E-state index in [1.165, 1.54) is 0 Å². The maximum absolute atomic E-state index is 11.9. The van der Waals surface area contributed by atoms with Crippen molar-refractivity contribution in [3.05, 3.63) is 28.7 Å². The number of carbonyl (C=O) groups is 1. The van der Waals surface area contributed by atoms with E-state index in [0.29, 0.717) is 25.5 Å². The number of aryl methyl sites for hydroxylation is 2. The van der Waals surface area contributed by atoms with Crippen molar-refractivity contribution in [1.29, 1.82) is 0 Å². The minimum absolute atomic E-state index is 0.277. The molecule has 114 valence electrons. The van der Waals surface area contributed by atoms with Gasteiger partial charge >= 0.3 is 5.97 Å². The van der Waals surface area contributed by atoms with Gasteiger partial charge in [0.15, 0.2) is 5.69 Å². The van der Waals surface area contributed by atoms with E-state index in [4.69, 9.17) is 9.15 Å². The van der Waals surface area contributed by atoms with Gasteiger partial charge in [-0.05, 0) is 27.2 Å². The molecule has 21 heavy (non-hydrogen) atoms. The first kappa shape index (κ1) is 15.2. The molecule has 2 aromatic rings. The molecule has 2 rings (SSSR count). The van der Waals surface area contributed by atoms with Gasteiger partial charge in [0.1, 0.15) is 12.3 Å². The predicted octanol–water partition coefficient (Wildman–Crippen LogP) is 2.06. The highest BCUT2D eigenvalue weighted by Crippen LogP contribution is 2.14. The first-order chi connectivity index (χ1) is 10.1. The Morgan fingerprint density at radius 1 is 1.33 bits per heavy atom. The third kappa shape index (κ3) is 3.29. The zero-order valence-electron chi connectivity index (χ0n) is 12.8. The Labute approximate surface area is 123 Å². The van der Waals surface area contributed by atoms with Gasteiger partial charge in [0, 0.05) is 0 Å². The smallest absolute Gasteiger partial charge is 0.360 e. The predicted molar refractivity (Wildman–Crippen MR) is 75.1 cm³/mol. The lowest BCUT2D eigenvalue weighted by Crippen LogP contribution is -2.11. The number of carbonyl (C=O) groups excluding carboxylic acids is 1. The SMILES string of the molecule is CCCc1c(C(=O)OCC)nnn1Cc1nc(C)c(C)o1. The van der Waals surface area contributed by atoms with Gasteiger partial charge in [0.2, 0.25) is 5.89 Å². The second kappa shape index (κ2) is 6.51. The van der Waals surface area contributed by atoms with Gasteiger partial charge in [-0.15, -0.1) is 5.10 Å². The summed E-state index contributed by atoms with van der Waals surface area (Å²) in [7, 11) is 0. The molecule has 0 saturated carbocycles. The molecule has 7 nitrogen and oxygen atoms in total. The van der Waals surface area contributed by atoms with Crippen LogP contribution in [0.3, 0.4) is 0 Å². The van der Waals surface area contributed by atoms with E-state index in [9.17, 15) is 4.79 Å². The van der Waals surface area contributed by atoms with Crippen molar-refractivity contribution in [2.24, 2.45) is 0 Å². The van der Waals surface area contributed by atoms with E-state index in [1.807, 2.05) is 20.8 Å². The van der Waals surface area contributed by atoms with E-state index in [0.717, 1.165) is 23.6 Å². The summed E-state index contributed by atoms with van der Waals surface area (Å²) in [5.41, 5.74) is 1.89. The Morgan fingerprint density at radius 3 is 2.67 bits per heavy atom. The number of hydrogen-bond acceptors (Lipinski definition) is 6. The Bertz CT molecular complexity index is 611. The summed E-state index contributed by atoms with van der Waals surface area (Å²) in [6.07, 6.45) is 1.57. The highest BCUT2D eigenvalue weighted by atomic mass is 16.5. The van der Waals surface area contributed by atoms with Crippen LogP contribution in [0.4, 0.5) is 0 Å². The molecular weight excluding hydrogens is 272 g/mol. The van der Waals surface area contributed by atoms with E-state index in [1.54, 1.807) is 11.6 Å². The van der Waals surface area contributed by atoms with Crippen LogP contribution in [0.1, 0.15) is 53.8 Å². The molecule has 0 aliphatic heterocycles. The van der Waals surface area contributed by atoms with Crippen LogP contribution in [0.2, 0.25) is 0 Å². The Kier molecular flexibility index (Phi) is 4.72. The van der Waals surface area contributed by atoms with Crippen molar-refractivity contribution in [3.8, 4) is 0 Å². The second-order valence-corrected chi connectivity index (χ2v) is 4.76. The fourth-order valence-corrected chi connectivity index (χ4v) is 2.04. The summed E-state index contributed by atoms with van der Waals surface area (Å²) in [4.78, 5) is 16.2. The Morgan fingerprint density at radius 2 is 2.10 bits per heavy atom. The van der Waals surface area contributed by atoms with Gasteiger partial charge in [-0.3, -0.25) is 0 Å². The lowest BCUT2D eigenvalue weighted by molar-refractivity contribution is 0.0518. The molecule has 0 amide bonds. The Hall–Kier alpha value is -2.18. The lowest BCUT2D eigenvalue weighted by Gasteiger charge is -2.05. The third-order valence-electron chi connectivity index (χ3n) is 3.15. The maximum atomic E-state index is 11.9. The third-order valence-corrected chi connectivity index (χ3v) is 3.15. The summed E-state index contributed by atoms with van der Waals surface area (Å²) in [5, 5.41) is 7.99. The zero-order chi connectivity index (χ0) is 15.4. The molecule has 0 unspecified atom stereocenters. The van der Waals surface area contributed by atoms with Gasteiger partial charge in [0.25, 0.3) is 0 Å². The van der Waals surface area contributed by atoms with Crippen molar-refractivity contribution >= 4 is 5.97 Å². The molecule has 0 aliphatic rings. The van der Waals surface area contributed by atoms with Gasteiger partial charge in [-0.1, -0.05) is 18.6 Å². The van der Waals surface area contributed by atoms with Crippen molar-refractivity contribution in [1.82, 2.24) is 20.0 Å². The molecule has 0 fully saturated rings. The van der Waals surface area contributed by atoms with Crippen molar-refractivity contribution in [2.75, 3.05) is 6.61 Å². The number of hydrogen-bond donors (Lipinski definition) is 0. The molecule has 2 heterocycles. The average Bonchev–Trinajstić information content (AvgIpc) is 2.96. The molecule has 0 spiro atoms. The average molecular weight is 292 g/mol. The van der Waals surface area contributed by atoms with Crippen LogP contribution in [0.25, 0.3) is 0 Å². The molecular formula is C14H20N4O3. The standard InChI is InChI=1S/C14H20N4O3/c1-5-7-11-13(14(19)20-6-2)16-17-18(11)8-12-15-9(3)10(4)21-12/h5-8H2,1-4H3. The fraction of sp³-hybridized carbons (Fsp3) is 0.571. The number of oxazole rings is 1. The fourth-order valence-electron chi connectivity index (χ4n) is 2.04. The van der Waals surface area contributed by atoms with E-state index in [2.05, 4.69) is 15.3 Å². The van der Waals surface area contributed by atoms with Crippen LogP contribution in [-0.4, -0.2) is 32.6 Å². The van der Waals surface area contributed by atoms with Gasteiger partial charge in [-0.2, -0.15) is 0 Å². The van der Waals surface area contributed by atoms with Crippen LogP contribution in [0, 0.1) is 13.8 Å². The van der Waals surface area contributed by atoms with E-state index < -0.39 is 5.97 Å². The number of esters is 1. The molecule has 0 atom stereocenters. The molecule has 0 N–H and O–H groups in total. The van der Waals surface area contributed by atoms with Gasteiger partial charge < -0.3 is 9.15 Å². The topological polar surface area (TPSA) is 83.0 Å². The summed E-state index contributed by atoms with van der Waals surface area (Å²) >= 11 is 0. The van der Waals surface area contributed by atoms with E-state index >= 15 is 0 Å². The first-order valence-electron chi connectivity index (χ1n) is 7.09. The summed E-state index contributed by atoms with van der Waals surface area (Å²) in [6, 6.07) is 0. The summed E-state index contributed by atoms with van der Waals surface area (Å²) in [5.74, 6) is 0.905. The highest BCUT2D eigenvalue weighted by Gasteiger charge is 2.21. The lowest BCUT2D eigenvalue weighted by atomic mass is 10.2. The van der Waals surface area contributed by atoms with Crippen LogP contribution >= 0.6 is 0 Å². The number of aromatic nitrogens is 4. The maximum Gasteiger partial charge on any atom is 0.360 e. The zero-order valence-corrected chi connectivity index (χ0v) is 12.8. The summed E-state index contributed by atoms with van der Waals surface area (Å²) < 4.78 is 12.2. The normalized spacial score (nSPS) is 10.9. The minimum atomic E-state index is -0.438. The highest BCUT2D eigenvalue weighted by molar-refractivity contribution is 5.88. The monoisotopic (exact) mass is 292 g/mol. The first-order valence-corrected chi connectivity index (χ1v) is 7.09.